The van der Waals surface area contributed by atoms with E-state index in [1.165, 1.54) is 10.3 Å². The zero-order valence-corrected chi connectivity index (χ0v) is 11.8. The number of nitrogens with zero attached hydrogens (tertiary/aromatic N) is 3. The summed E-state index contributed by atoms with van der Waals surface area (Å²) in [6.07, 6.45) is 1.66. The average Bonchev–Trinajstić information content (AvgIpc) is 2.67. The van der Waals surface area contributed by atoms with Crippen LogP contribution in [0.1, 0.15) is 19.4 Å². The number of hydrogen-bond donors (Lipinski definition) is 1. The molecule has 0 radical (unpaired) electrons. The standard InChI is InChI=1S/C13H18N4S/c1-8(2)13(14)5-17(6-13)12-11-10(15-7-16-12)9(3)4-18-11/h4,7-8H,5-6,14H2,1-3H3. The summed E-state index contributed by atoms with van der Waals surface area (Å²) in [5.41, 5.74) is 8.57. The Morgan fingerprint density at radius 3 is 2.78 bits per heavy atom. The Morgan fingerprint density at radius 2 is 2.11 bits per heavy atom. The third-order valence-corrected chi connectivity index (χ3v) is 5.01. The summed E-state index contributed by atoms with van der Waals surface area (Å²) in [6.45, 7) is 8.22. The molecular formula is C13H18N4S. The van der Waals surface area contributed by atoms with E-state index in [0.717, 1.165) is 24.4 Å². The molecule has 4 nitrogen and oxygen atoms in total. The van der Waals surface area contributed by atoms with E-state index in [-0.39, 0.29) is 5.54 Å². The molecule has 0 bridgehead atoms. The topological polar surface area (TPSA) is 55.0 Å². The van der Waals surface area contributed by atoms with E-state index in [1.807, 2.05) is 0 Å². The fraction of sp³-hybridized carbons (Fsp3) is 0.538. The molecule has 0 aliphatic carbocycles. The Kier molecular flexibility index (Phi) is 2.57. The minimum absolute atomic E-state index is 0.0659. The zero-order valence-electron chi connectivity index (χ0n) is 11.0. The van der Waals surface area contributed by atoms with Crippen molar-refractivity contribution in [2.75, 3.05) is 18.0 Å². The summed E-state index contributed by atoms with van der Waals surface area (Å²) in [6, 6.07) is 0. The van der Waals surface area contributed by atoms with Crippen molar-refractivity contribution in [3.63, 3.8) is 0 Å². The molecule has 0 aromatic carbocycles. The molecule has 0 atom stereocenters. The van der Waals surface area contributed by atoms with Gasteiger partial charge in [0.1, 0.15) is 12.1 Å². The van der Waals surface area contributed by atoms with Crippen molar-refractivity contribution < 1.29 is 0 Å². The molecule has 2 aromatic rings. The second-order valence-electron chi connectivity index (χ2n) is 5.54. The van der Waals surface area contributed by atoms with E-state index >= 15 is 0 Å². The molecule has 1 saturated heterocycles. The Bertz CT molecular complexity index is 584. The summed E-state index contributed by atoms with van der Waals surface area (Å²) < 4.78 is 1.18. The van der Waals surface area contributed by atoms with Crippen LogP contribution in [-0.2, 0) is 0 Å². The van der Waals surface area contributed by atoms with E-state index < -0.39 is 0 Å². The predicted molar refractivity (Wildman–Crippen MR) is 76.1 cm³/mol. The second kappa shape index (κ2) is 3.90. The highest BCUT2D eigenvalue weighted by atomic mass is 32.1. The second-order valence-corrected chi connectivity index (χ2v) is 6.42. The van der Waals surface area contributed by atoms with E-state index in [9.17, 15) is 0 Å². The molecule has 2 N–H and O–H groups in total. The summed E-state index contributed by atoms with van der Waals surface area (Å²) in [4.78, 5) is 11.1. The predicted octanol–water partition coefficient (Wildman–Crippen LogP) is 2.17. The Balaban J connectivity index is 1.93. The highest BCUT2D eigenvalue weighted by molar-refractivity contribution is 7.18. The number of nitrogens with two attached hydrogens (primary N) is 1. The van der Waals surface area contributed by atoms with Crippen molar-refractivity contribution in [2.45, 2.75) is 26.3 Å². The van der Waals surface area contributed by atoms with Gasteiger partial charge in [0.25, 0.3) is 0 Å². The molecule has 18 heavy (non-hydrogen) atoms. The number of hydrogen-bond acceptors (Lipinski definition) is 5. The first-order valence-electron chi connectivity index (χ1n) is 6.24. The number of aryl methyl sites for hydroxylation is 1. The monoisotopic (exact) mass is 262 g/mol. The lowest BCUT2D eigenvalue weighted by atomic mass is 9.80. The molecule has 3 heterocycles. The van der Waals surface area contributed by atoms with Crippen molar-refractivity contribution in [3.05, 3.63) is 17.3 Å². The van der Waals surface area contributed by atoms with Gasteiger partial charge in [0.15, 0.2) is 0 Å². The van der Waals surface area contributed by atoms with Crippen LogP contribution in [0.2, 0.25) is 0 Å². The highest BCUT2D eigenvalue weighted by Crippen LogP contribution is 2.36. The summed E-state index contributed by atoms with van der Waals surface area (Å²) in [5, 5.41) is 2.14. The highest BCUT2D eigenvalue weighted by Gasteiger charge is 2.43. The van der Waals surface area contributed by atoms with Crippen molar-refractivity contribution in [1.82, 2.24) is 9.97 Å². The van der Waals surface area contributed by atoms with E-state index in [1.54, 1.807) is 17.7 Å². The van der Waals surface area contributed by atoms with E-state index in [4.69, 9.17) is 5.73 Å². The number of aromatic nitrogens is 2. The SMILES string of the molecule is Cc1csc2c(N3CC(N)(C(C)C)C3)ncnc12. The number of fused-ring (bicyclic) bond motifs is 1. The lowest BCUT2D eigenvalue weighted by Gasteiger charge is -2.51. The fourth-order valence-electron chi connectivity index (χ4n) is 2.36. The minimum Gasteiger partial charge on any atom is -0.351 e. The van der Waals surface area contributed by atoms with Gasteiger partial charge in [0.05, 0.1) is 15.8 Å². The quantitative estimate of drug-likeness (QED) is 0.901. The fourth-order valence-corrected chi connectivity index (χ4v) is 3.38. The first-order chi connectivity index (χ1) is 8.51. The summed E-state index contributed by atoms with van der Waals surface area (Å²) >= 11 is 1.72. The Labute approximate surface area is 111 Å². The zero-order chi connectivity index (χ0) is 12.9. The molecule has 5 heteroatoms. The van der Waals surface area contributed by atoms with Gasteiger partial charge in [-0.15, -0.1) is 11.3 Å². The van der Waals surface area contributed by atoms with Crippen LogP contribution in [-0.4, -0.2) is 28.6 Å². The molecule has 1 aliphatic heterocycles. The molecule has 0 amide bonds. The molecule has 3 rings (SSSR count). The molecule has 2 aromatic heterocycles. The molecule has 0 unspecified atom stereocenters. The molecule has 0 spiro atoms. The first-order valence-corrected chi connectivity index (χ1v) is 7.12. The Morgan fingerprint density at radius 1 is 1.39 bits per heavy atom. The smallest absolute Gasteiger partial charge is 0.150 e. The third kappa shape index (κ3) is 1.61. The van der Waals surface area contributed by atoms with Crippen LogP contribution >= 0.6 is 11.3 Å². The molecule has 0 saturated carbocycles. The van der Waals surface area contributed by atoms with Crippen LogP contribution in [0.4, 0.5) is 5.82 Å². The molecule has 96 valence electrons. The largest absolute Gasteiger partial charge is 0.351 e. The van der Waals surface area contributed by atoms with Crippen molar-refractivity contribution in [1.29, 1.82) is 0 Å². The van der Waals surface area contributed by atoms with Crippen molar-refractivity contribution in [2.24, 2.45) is 11.7 Å². The van der Waals surface area contributed by atoms with Gasteiger partial charge in [-0.1, -0.05) is 13.8 Å². The van der Waals surface area contributed by atoms with Crippen molar-refractivity contribution in [3.8, 4) is 0 Å². The minimum atomic E-state index is -0.0659. The van der Waals surface area contributed by atoms with Gasteiger partial charge in [-0.3, -0.25) is 0 Å². The number of thiophene rings is 1. The van der Waals surface area contributed by atoms with Gasteiger partial charge in [-0.05, 0) is 23.8 Å². The normalized spacial score (nSPS) is 18.4. The maximum atomic E-state index is 6.34. The number of rotatable bonds is 2. The maximum absolute atomic E-state index is 6.34. The van der Waals surface area contributed by atoms with Crippen molar-refractivity contribution >= 4 is 27.4 Å². The van der Waals surface area contributed by atoms with Crippen LogP contribution in [0.25, 0.3) is 10.2 Å². The summed E-state index contributed by atoms with van der Waals surface area (Å²) in [7, 11) is 0. The third-order valence-electron chi connectivity index (χ3n) is 3.93. The molecule has 1 fully saturated rings. The molecular weight excluding hydrogens is 244 g/mol. The first kappa shape index (κ1) is 11.9. The van der Waals surface area contributed by atoms with Gasteiger partial charge >= 0.3 is 0 Å². The van der Waals surface area contributed by atoms with Gasteiger partial charge in [0, 0.05) is 13.1 Å². The van der Waals surface area contributed by atoms with Crippen LogP contribution in [0.5, 0.6) is 0 Å². The van der Waals surface area contributed by atoms with Crippen LogP contribution in [0.3, 0.4) is 0 Å². The molecule has 1 aliphatic rings. The van der Waals surface area contributed by atoms with Gasteiger partial charge in [-0.2, -0.15) is 0 Å². The lowest BCUT2D eigenvalue weighted by Crippen LogP contribution is -2.70. The van der Waals surface area contributed by atoms with Gasteiger partial charge in [0.2, 0.25) is 0 Å². The van der Waals surface area contributed by atoms with Crippen LogP contribution in [0.15, 0.2) is 11.7 Å². The average molecular weight is 262 g/mol. The van der Waals surface area contributed by atoms with E-state index in [2.05, 4.69) is 41.0 Å². The van der Waals surface area contributed by atoms with Gasteiger partial charge in [-0.25, -0.2) is 9.97 Å². The van der Waals surface area contributed by atoms with Crippen LogP contribution in [0, 0.1) is 12.8 Å². The summed E-state index contributed by atoms with van der Waals surface area (Å²) in [5.74, 6) is 1.54. The Hall–Kier alpha value is -1.20. The van der Waals surface area contributed by atoms with E-state index in [0.29, 0.717) is 5.92 Å². The maximum Gasteiger partial charge on any atom is 0.150 e. The number of anilines is 1. The van der Waals surface area contributed by atoms with Gasteiger partial charge < -0.3 is 10.6 Å². The van der Waals surface area contributed by atoms with Crippen LogP contribution < -0.4 is 10.6 Å². The lowest BCUT2D eigenvalue weighted by molar-refractivity contribution is 0.244.